The van der Waals surface area contributed by atoms with Gasteiger partial charge in [0, 0.05) is 0 Å². The van der Waals surface area contributed by atoms with Crippen molar-refractivity contribution in [3.8, 4) is 33.4 Å². The summed E-state index contributed by atoms with van der Waals surface area (Å²) >= 11 is 0. The first-order valence-electron chi connectivity index (χ1n) is 17.2. The Labute approximate surface area is 245 Å². The van der Waals surface area contributed by atoms with Crippen molar-refractivity contribution in [1.82, 2.24) is 0 Å². The Balaban J connectivity index is 1.55. The quantitative estimate of drug-likeness (QED) is 0.206. The third-order valence-electron chi connectivity index (χ3n) is 7.70. The molecular weight excluding hydrogens is 480 g/mol. The van der Waals surface area contributed by atoms with E-state index in [9.17, 15) is 1.37 Å². The van der Waals surface area contributed by atoms with E-state index in [4.69, 9.17) is 9.60 Å². The maximum atomic E-state index is 9.24. The molecule has 0 aliphatic rings. The molecule has 0 heterocycles. The van der Waals surface area contributed by atoms with E-state index in [1.807, 2.05) is 60.7 Å². The first-order chi connectivity index (χ1) is 23.2. The molecule has 0 radical (unpaired) electrons. The normalized spacial score (nSPS) is 14.3. The number of benzene rings is 8. The van der Waals surface area contributed by atoms with Crippen molar-refractivity contribution in [2.75, 3.05) is 0 Å². The highest BCUT2D eigenvalue weighted by Gasteiger charge is 2.18. The highest BCUT2D eigenvalue weighted by Crippen LogP contribution is 2.46. The van der Waals surface area contributed by atoms with Crippen molar-refractivity contribution in [2.45, 2.75) is 0 Å². The van der Waals surface area contributed by atoms with E-state index in [1.165, 1.54) is 6.07 Å². The van der Waals surface area contributed by atoms with Crippen molar-refractivity contribution < 1.29 is 11.0 Å². The van der Waals surface area contributed by atoms with Gasteiger partial charge in [-0.1, -0.05) is 151 Å². The van der Waals surface area contributed by atoms with Gasteiger partial charge >= 0.3 is 0 Å². The molecule has 8 rings (SSSR count). The molecule has 0 nitrogen and oxygen atoms in total. The molecule has 0 aliphatic carbocycles. The molecule has 0 atom stereocenters. The summed E-state index contributed by atoms with van der Waals surface area (Å²) in [5, 5.41) is 5.90. The minimum absolute atomic E-state index is 0.0605. The van der Waals surface area contributed by atoms with Gasteiger partial charge in [-0.25, -0.2) is 0 Å². The molecule has 0 fully saturated rings. The number of rotatable bonds is 3. The molecule has 0 spiro atoms. The Hall–Kier alpha value is -5.20. The van der Waals surface area contributed by atoms with E-state index >= 15 is 0 Å². The lowest BCUT2D eigenvalue weighted by Gasteiger charge is -2.19. The van der Waals surface area contributed by atoms with Crippen LogP contribution in [0.5, 0.6) is 0 Å². The average Bonchev–Trinajstić information content (AvgIpc) is 3.11. The van der Waals surface area contributed by atoms with Crippen LogP contribution in [-0.4, -0.2) is 0 Å². The molecule has 0 aromatic heterocycles. The molecule has 186 valence electrons. The number of fused-ring (bicyclic) bond motifs is 4. The first kappa shape index (κ1) is 16.0. The molecular formula is C40H26. The van der Waals surface area contributed by atoms with Crippen molar-refractivity contribution >= 4 is 43.1 Å². The summed E-state index contributed by atoms with van der Waals surface area (Å²) in [6, 6.07) is 33.0. The van der Waals surface area contributed by atoms with Gasteiger partial charge < -0.3 is 0 Å². The van der Waals surface area contributed by atoms with Crippen LogP contribution >= 0.6 is 0 Å². The van der Waals surface area contributed by atoms with Gasteiger partial charge in [0.1, 0.15) is 0 Å². The van der Waals surface area contributed by atoms with Gasteiger partial charge in [-0.15, -0.1) is 0 Å². The molecule has 0 saturated carbocycles. The molecule has 0 aliphatic heterocycles. The topological polar surface area (TPSA) is 0 Å². The standard InChI is InChI=1S/C40H26/c1-2-13-28(14-3-1)39-35-16-6-8-18-37(35)40(38-19-9-7-17-36(38)39)34-23-11-21-32-31(20-10-22-33(32)34)30-25-24-27-12-4-5-15-29(27)26-30/h1-26H/i1D,2D,6D,8D,13D,14D,16D,18D. The lowest BCUT2D eigenvalue weighted by Crippen LogP contribution is -1.92. The maximum absolute atomic E-state index is 9.24. The van der Waals surface area contributed by atoms with Crippen LogP contribution in [0.1, 0.15) is 11.0 Å². The summed E-state index contributed by atoms with van der Waals surface area (Å²) in [5.41, 5.74) is 3.84. The SMILES string of the molecule is [2H]c1cc([2H])c(-c2c3ccccc3c(-c3cccc4c(-c5ccc6ccccc6c5)cccc34)c3c([2H])c([2H])c([2H])c([2H])c23)c([2H])c1[2H]. The molecule has 40 heavy (non-hydrogen) atoms. The van der Waals surface area contributed by atoms with E-state index in [2.05, 4.69) is 42.5 Å². The summed E-state index contributed by atoms with van der Waals surface area (Å²) in [6.45, 7) is 0. The van der Waals surface area contributed by atoms with Gasteiger partial charge in [-0.05, 0) is 82.5 Å². The van der Waals surface area contributed by atoms with Gasteiger partial charge in [0.05, 0.1) is 11.0 Å². The summed E-state index contributed by atoms with van der Waals surface area (Å²) in [7, 11) is 0. The largest absolute Gasteiger partial charge is 0.0629 e. The smallest absolute Gasteiger partial charge is 0.0622 e. The number of hydrogen-bond acceptors (Lipinski definition) is 0. The van der Waals surface area contributed by atoms with Gasteiger partial charge in [0.25, 0.3) is 0 Å². The molecule has 0 N–H and O–H groups in total. The van der Waals surface area contributed by atoms with Crippen LogP contribution in [0.4, 0.5) is 0 Å². The monoisotopic (exact) mass is 514 g/mol. The Kier molecular flexibility index (Phi) is 3.70. The minimum atomic E-state index is -0.423. The third-order valence-corrected chi connectivity index (χ3v) is 7.70. The zero-order valence-corrected chi connectivity index (χ0v) is 21.4. The van der Waals surface area contributed by atoms with Crippen LogP contribution in [0.25, 0.3) is 76.5 Å². The lowest BCUT2D eigenvalue weighted by molar-refractivity contribution is 1.65. The maximum Gasteiger partial charge on any atom is 0.0629 e. The lowest BCUT2D eigenvalue weighted by atomic mass is 9.84. The molecule has 0 unspecified atom stereocenters. The Morgan fingerprint density at radius 3 is 1.80 bits per heavy atom. The minimum Gasteiger partial charge on any atom is -0.0622 e. The van der Waals surface area contributed by atoms with Crippen LogP contribution in [0, 0.1) is 0 Å². The van der Waals surface area contributed by atoms with E-state index < -0.39 is 6.04 Å². The highest BCUT2D eigenvalue weighted by atomic mass is 14.2. The fourth-order valence-electron chi connectivity index (χ4n) is 5.97. The van der Waals surface area contributed by atoms with E-state index in [-0.39, 0.29) is 64.2 Å². The van der Waals surface area contributed by atoms with Crippen LogP contribution in [0.2, 0.25) is 0 Å². The van der Waals surface area contributed by atoms with Crippen LogP contribution in [0.3, 0.4) is 0 Å². The molecule has 0 amide bonds. The zero-order valence-electron chi connectivity index (χ0n) is 29.4. The predicted molar refractivity (Wildman–Crippen MR) is 173 cm³/mol. The summed E-state index contributed by atoms with van der Waals surface area (Å²) < 4.78 is 70.0. The van der Waals surface area contributed by atoms with Crippen molar-refractivity contribution in [2.24, 2.45) is 0 Å². The molecule has 0 heteroatoms. The fourth-order valence-corrected chi connectivity index (χ4v) is 5.97. The zero-order chi connectivity index (χ0) is 33.4. The second kappa shape index (κ2) is 9.22. The van der Waals surface area contributed by atoms with E-state index in [0.29, 0.717) is 16.3 Å². The molecule has 8 aromatic carbocycles. The average molecular weight is 515 g/mol. The Bertz CT molecular complexity index is 2660. The van der Waals surface area contributed by atoms with Gasteiger partial charge in [0.2, 0.25) is 0 Å². The molecule has 0 saturated heterocycles. The first-order valence-corrected chi connectivity index (χ1v) is 13.2. The van der Waals surface area contributed by atoms with E-state index in [0.717, 1.165) is 38.2 Å². The van der Waals surface area contributed by atoms with Crippen LogP contribution in [-0.2, 0) is 0 Å². The Morgan fingerprint density at radius 1 is 0.350 bits per heavy atom. The fraction of sp³-hybridized carbons (Fsp3) is 0. The van der Waals surface area contributed by atoms with Crippen molar-refractivity contribution in [3.63, 3.8) is 0 Å². The summed E-state index contributed by atoms with van der Waals surface area (Å²) in [6.07, 6.45) is 0. The number of hydrogen-bond donors (Lipinski definition) is 0. The molecule has 8 aromatic rings. The van der Waals surface area contributed by atoms with E-state index in [1.54, 1.807) is 0 Å². The van der Waals surface area contributed by atoms with Crippen LogP contribution < -0.4 is 0 Å². The van der Waals surface area contributed by atoms with Gasteiger partial charge in [-0.2, -0.15) is 0 Å². The highest BCUT2D eigenvalue weighted by molar-refractivity contribution is 6.24. The molecule has 0 bridgehead atoms. The van der Waals surface area contributed by atoms with Gasteiger partial charge in [-0.3, -0.25) is 0 Å². The predicted octanol–water partition coefficient (Wildman–Crippen LogP) is 11.3. The summed E-state index contributed by atoms with van der Waals surface area (Å²) in [4.78, 5) is 0. The van der Waals surface area contributed by atoms with Crippen molar-refractivity contribution in [3.05, 3.63) is 158 Å². The second-order valence-electron chi connectivity index (χ2n) is 9.87. The van der Waals surface area contributed by atoms with Crippen LogP contribution in [0.15, 0.2) is 158 Å². The van der Waals surface area contributed by atoms with Crippen molar-refractivity contribution in [1.29, 1.82) is 0 Å². The second-order valence-corrected chi connectivity index (χ2v) is 9.87. The van der Waals surface area contributed by atoms with Gasteiger partial charge in [0.15, 0.2) is 0 Å². The summed E-state index contributed by atoms with van der Waals surface area (Å²) in [5.74, 6) is 0. The third kappa shape index (κ3) is 3.54. The Morgan fingerprint density at radius 2 is 0.975 bits per heavy atom.